The Hall–Kier alpha value is -2.37. The Kier molecular flexibility index (Phi) is 5.31. The van der Waals surface area contributed by atoms with E-state index in [-0.39, 0.29) is 12.6 Å². The number of amides is 2. The Morgan fingerprint density at radius 1 is 1.19 bits per heavy atom. The summed E-state index contributed by atoms with van der Waals surface area (Å²) in [7, 11) is 0. The lowest BCUT2D eigenvalue weighted by atomic mass is 10.1. The minimum Gasteiger partial charge on any atom is -0.419 e. The van der Waals surface area contributed by atoms with Crippen molar-refractivity contribution in [3.63, 3.8) is 0 Å². The maximum Gasteiger partial charge on any atom is 0.315 e. The van der Waals surface area contributed by atoms with Crippen molar-refractivity contribution in [2.24, 2.45) is 5.92 Å². The first-order valence-electron chi connectivity index (χ1n) is 7.04. The average Bonchev–Trinajstić information content (AvgIpc) is 2.94. The molecule has 0 atom stereocenters. The number of urea groups is 1. The van der Waals surface area contributed by atoms with Gasteiger partial charge in [-0.2, -0.15) is 0 Å². The van der Waals surface area contributed by atoms with Crippen LogP contribution in [-0.2, 0) is 6.54 Å². The zero-order valence-corrected chi connectivity index (χ0v) is 12.3. The minimum atomic E-state index is -0.227. The van der Waals surface area contributed by atoms with E-state index in [1.807, 2.05) is 30.3 Å². The summed E-state index contributed by atoms with van der Waals surface area (Å²) in [5.41, 5.74) is 0.859. The molecule has 1 heterocycles. The van der Waals surface area contributed by atoms with Crippen molar-refractivity contribution in [3.8, 4) is 11.5 Å². The lowest BCUT2D eigenvalue weighted by molar-refractivity contribution is 0.238. The highest BCUT2D eigenvalue weighted by atomic mass is 16.4. The molecule has 2 aromatic rings. The van der Waals surface area contributed by atoms with Gasteiger partial charge in [0.05, 0.1) is 6.54 Å². The van der Waals surface area contributed by atoms with Crippen LogP contribution in [0.5, 0.6) is 0 Å². The van der Waals surface area contributed by atoms with E-state index in [2.05, 4.69) is 34.7 Å². The van der Waals surface area contributed by atoms with Crippen LogP contribution in [0.15, 0.2) is 34.7 Å². The number of carbonyl (C=O) groups excluding carboxylic acids is 1. The second-order valence-corrected chi connectivity index (χ2v) is 5.16. The second-order valence-electron chi connectivity index (χ2n) is 5.16. The molecule has 2 N–H and O–H groups in total. The third-order valence-corrected chi connectivity index (χ3v) is 2.90. The van der Waals surface area contributed by atoms with Crippen LogP contribution >= 0.6 is 0 Å². The molecule has 0 radical (unpaired) electrons. The molecule has 0 aliphatic carbocycles. The molecule has 0 aliphatic rings. The van der Waals surface area contributed by atoms with Crippen LogP contribution in [-0.4, -0.2) is 22.8 Å². The number of nitrogens with zero attached hydrogens (tertiary/aromatic N) is 2. The van der Waals surface area contributed by atoms with Gasteiger partial charge in [-0.25, -0.2) is 4.79 Å². The molecule has 0 aliphatic heterocycles. The van der Waals surface area contributed by atoms with Crippen LogP contribution in [0.1, 0.15) is 26.2 Å². The van der Waals surface area contributed by atoms with Crippen LogP contribution in [0.25, 0.3) is 11.5 Å². The van der Waals surface area contributed by atoms with Crippen molar-refractivity contribution in [2.45, 2.75) is 26.8 Å². The molecule has 1 aromatic heterocycles. The summed E-state index contributed by atoms with van der Waals surface area (Å²) in [6.07, 6.45) is 0.951. The van der Waals surface area contributed by atoms with E-state index in [9.17, 15) is 4.79 Å². The number of hydrogen-bond acceptors (Lipinski definition) is 4. The summed E-state index contributed by atoms with van der Waals surface area (Å²) >= 11 is 0. The first-order valence-corrected chi connectivity index (χ1v) is 7.04. The lowest BCUT2D eigenvalue weighted by Crippen LogP contribution is -2.36. The second kappa shape index (κ2) is 7.42. The normalized spacial score (nSPS) is 10.6. The van der Waals surface area contributed by atoms with Crippen molar-refractivity contribution >= 4 is 6.03 Å². The molecular formula is C15H20N4O2. The molecule has 1 aromatic carbocycles. The van der Waals surface area contributed by atoms with Gasteiger partial charge in [-0.15, -0.1) is 10.2 Å². The van der Waals surface area contributed by atoms with Crippen LogP contribution in [0.3, 0.4) is 0 Å². The zero-order valence-electron chi connectivity index (χ0n) is 12.3. The average molecular weight is 288 g/mol. The third-order valence-electron chi connectivity index (χ3n) is 2.90. The largest absolute Gasteiger partial charge is 0.419 e. The molecule has 2 amide bonds. The van der Waals surface area contributed by atoms with Crippen LogP contribution < -0.4 is 10.6 Å². The number of aromatic nitrogens is 2. The Labute approximate surface area is 124 Å². The summed E-state index contributed by atoms with van der Waals surface area (Å²) in [5.74, 6) is 1.40. The Morgan fingerprint density at radius 3 is 2.67 bits per heavy atom. The smallest absolute Gasteiger partial charge is 0.315 e. The van der Waals surface area contributed by atoms with Gasteiger partial charge in [0.25, 0.3) is 0 Å². The van der Waals surface area contributed by atoms with E-state index in [1.54, 1.807) is 0 Å². The van der Waals surface area contributed by atoms with Gasteiger partial charge < -0.3 is 15.1 Å². The maximum atomic E-state index is 11.6. The molecule has 2 rings (SSSR count). The molecule has 0 bridgehead atoms. The molecule has 0 saturated heterocycles. The van der Waals surface area contributed by atoms with E-state index in [0.29, 0.717) is 24.2 Å². The van der Waals surface area contributed by atoms with Crippen molar-refractivity contribution in [3.05, 3.63) is 36.2 Å². The molecule has 0 spiro atoms. The van der Waals surface area contributed by atoms with Gasteiger partial charge in [0, 0.05) is 12.1 Å². The predicted octanol–water partition coefficient (Wildman–Crippen LogP) is 2.58. The van der Waals surface area contributed by atoms with Gasteiger partial charge in [-0.1, -0.05) is 32.0 Å². The van der Waals surface area contributed by atoms with Crippen molar-refractivity contribution in [1.82, 2.24) is 20.8 Å². The molecule has 6 heteroatoms. The van der Waals surface area contributed by atoms with E-state index < -0.39 is 0 Å². The Morgan fingerprint density at radius 2 is 1.95 bits per heavy atom. The Bertz CT molecular complexity index is 566. The van der Waals surface area contributed by atoms with Gasteiger partial charge in [-0.3, -0.25) is 0 Å². The highest BCUT2D eigenvalue weighted by molar-refractivity contribution is 5.73. The van der Waals surface area contributed by atoms with E-state index in [1.165, 1.54) is 0 Å². The first-order chi connectivity index (χ1) is 10.1. The lowest BCUT2D eigenvalue weighted by Gasteiger charge is -2.07. The van der Waals surface area contributed by atoms with Crippen LogP contribution in [0.2, 0.25) is 0 Å². The maximum absolute atomic E-state index is 11.6. The quantitative estimate of drug-likeness (QED) is 0.856. The van der Waals surface area contributed by atoms with Crippen molar-refractivity contribution < 1.29 is 9.21 Å². The van der Waals surface area contributed by atoms with Crippen LogP contribution in [0.4, 0.5) is 4.79 Å². The minimum absolute atomic E-state index is 0.216. The fourth-order valence-corrected chi connectivity index (χ4v) is 1.72. The monoisotopic (exact) mass is 288 g/mol. The van der Waals surface area contributed by atoms with E-state index >= 15 is 0 Å². The summed E-state index contributed by atoms with van der Waals surface area (Å²) in [6, 6.07) is 9.28. The third kappa shape index (κ3) is 4.91. The predicted molar refractivity (Wildman–Crippen MR) is 79.4 cm³/mol. The summed E-state index contributed by atoms with van der Waals surface area (Å²) < 4.78 is 5.50. The fraction of sp³-hybridized carbons (Fsp3) is 0.400. The van der Waals surface area contributed by atoms with Gasteiger partial charge in [-0.05, 0) is 24.5 Å². The topological polar surface area (TPSA) is 80.0 Å². The molecular weight excluding hydrogens is 268 g/mol. The van der Waals surface area contributed by atoms with Gasteiger partial charge in [0.1, 0.15) is 0 Å². The molecule has 6 nitrogen and oxygen atoms in total. The number of rotatable bonds is 6. The SMILES string of the molecule is CC(C)CCNC(=O)NCc1nnc(-c2ccccc2)o1. The van der Waals surface area contributed by atoms with Gasteiger partial charge >= 0.3 is 6.03 Å². The molecule has 112 valence electrons. The van der Waals surface area contributed by atoms with Gasteiger partial charge in [0.15, 0.2) is 0 Å². The number of benzene rings is 1. The summed E-state index contributed by atoms with van der Waals surface area (Å²) in [5, 5.41) is 13.3. The van der Waals surface area contributed by atoms with Gasteiger partial charge in [0.2, 0.25) is 11.8 Å². The fourth-order valence-electron chi connectivity index (χ4n) is 1.72. The summed E-state index contributed by atoms with van der Waals surface area (Å²) in [4.78, 5) is 11.6. The van der Waals surface area contributed by atoms with E-state index in [4.69, 9.17) is 4.42 Å². The summed E-state index contributed by atoms with van der Waals surface area (Å²) in [6.45, 7) is 5.10. The first kappa shape index (κ1) is 15.0. The van der Waals surface area contributed by atoms with E-state index in [0.717, 1.165) is 12.0 Å². The molecule has 0 saturated carbocycles. The number of carbonyl (C=O) groups is 1. The van der Waals surface area contributed by atoms with Crippen molar-refractivity contribution in [1.29, 1.82) is 0 Å². The molecule has 21 heavy (non-hydrogen) atoms. The Balaban J connectivity index is 1.79. The highest BCUT2D eigenvalue weighted by Crippen LogP contribution is 2.16. The number of nitrogens with one attached hydrogen (secondary N) is 2. The standard InChI is InChI=1S/C15H20N4O2/c1-11(2)8-9-16-15(20)17-10-13-18-19-14(21-13)12-6-4-3-5-7-12/h3-7,11H,8-10H2,1-2H3,(H2,16,17,20). The van der Waals surface area contributed by atoms with Crippen LogP contribution in [0, 0.1) is 5.92 Å². The van der Waals surface area contributed by atoms with Crippen molar-refractivity contribution in [2.75, 3.05) is 6.54 Å². The zero-order chi connectivity index (χ0) is 15.1. The molecule has 0 unspecified atom stereocenters. The highest BCUT2D eigenvalue weighted by Gasteiger charge is 2.09. The number of hydrogen-bond donors (Lipinski definition) is 2. The molecule has 0 fully saturated rings.